The highest BCUT2D eigenvalue weighted by atomic mass is 32.1. The van der Waals surface area contributed by atoms with Gasteiger partial charge in [0.1, 0.15) is 5.69 Å². The van der Waals surface area contributed by atoms with Crippen LogP contribution >= 0.6 is 11.3 Å². The maximum Gasteiger partial charge on any atom is 0.310 e. The van der Waals surface area contributed by atoms with E-state index in [1.807, 2.05) is 48.2 Å². The number of rotatable bonds is 7. The van der Waals surface area contributed by atoms with Crippen LogP contribution in [0, 0.1) is 19.8 Å². The first-order valence-corrected chi connectivity index (χ1v) is 14.3. The number of likely N-dealkylation sites (tertiary alicyclic amines) is 1. The number of carbonyl (C=O) groups is 2. The van der Waals surface area contributed by atoms with Gasteiger partial charge in [-0.3, -0.25) is 18.8 Å². The van der Waals surface area contributed by atoms with Crippen molar-refractivity contribution < 1.29 is 14.3 Å². The number of esters is 1. The van der Waals surface area contributed by atoms with Crippen LogP contribution in [0.5, 0.6) is 0 Å². The summed E-state index contributed by atoms with van der Waals surface area (Å²) in [7, 11) is 0. The molecule has 1 aromatic carbocycles. The van der Waals surface area contributed by atoms with Crippen LogP contribution in [0.4, 0.5) is 0 Å². The van der Waals surface area contributed by atoms with E-state index < -0.39 is 0 Å². The van der Waals surface area contributed by atoms with E-state index in [0.717, 1.165) is 24.2 Å². The Bertz CT molecular complexity index is 1600. The third kappa shape index (κ3) is 5.13. The number of aromatic nitrogens is 4. The summed E-state index contributed by atoms with van der Waals surface area (Å²) in [6, 6.07) is 10.0. The second-order valence-electron chi connectivity index (χ2n) is 9.90. The van der Waals surface area contributed by atoms with Crippen LogP contribution in [0.2, 0.25) is 0 Å². The minimum atomic E-state index is -0.309. The summed E-state index contributed by atoms with van der Waals surface area (Å²) in [5.74, 6) is -0.682. The molecule has 0 radical (unpaired) electrons. The Morgan fingerprint density at radius 1 is 1.18 bits per heavy atom. The van der Waals surface area contributed by atoms with Crippen LogP contribution in [0.1, 0.15) is 49.3 Å². The molecule has 1 aliphatic heterocycles. The number of thiazole rings is 1. The zero-order valence-electron chi connectivity index (χ0n) is 22.8. The van der Waals surface area contributed by atoms with Gasteiger partial charge in [0.05, 0.1) is 35.9 Å². The van der Waals surface area contributed by atoms with Gasteiger partial charge >= 0.3 is 5.97 Å². The average Bonchev–Trinajstić information content (AvgIpc) is 3.51. The van der Waals surface area contributed by atoms with Gasteiger partial charge in [0, 0.05) is 29.9 Å². The monoisotopic (exact) mass is 547 g/mol. The number of carbonyl (C=O) groups excluding carboxylic acids is 2. The Balaban J connectivity index is 1.47. The van der Waals surface area contributed by atoms with E-state index >= 15 is 0 Å². The number of nitrogens with zero attached hydrogens (tertiary/aromatic N) is 5. The molecule has 0 aliphatic carbocycles. The molecule has 1 aliphatic rings. The molecule has 1 fully saturated rings. The predicted octanol–water partition coefficient (Wildman–Crippen LogP) is 4.13. The molecule has 4 aromatic rings. The van der Waals surface area contributed by atoms with E-state index in [9.17, 15) is 14.4 Å². The van der Waals surface area contributed by atoms with E-state index in [4.69, 9.17) is 14.8 Å². The van der Waals surface area contributed by atoms with E-state index in [-0.39, 0.29) is 29.8 Å². The lowest BCUT2D eigenvalue weighted by molar-refractivity contribution is -0.151. The van der Waals surface area contributed by atoms with Gasteiger partial charge in [0.15, 0.2) is 4.96 Å². The number of amides is 1. The van der Waals surface area contributed by atoms with E-state index in [2.05, 4.69) is 13.0 Å². The summed E-state index contributed by atoms with van der Waals surface area (Å²) in [6.07, 6.45) is 2.37. The van der Waals surface area contributed by atoms with Gasteiger partial charge in [-0.2, -0.15) is 5.10 Å². The summed E-state index contributed by atoms with van der Waals surface area (Å²) in [4.78, 5) is 46.3. The molecule has 39 heavy (non-hydrogen) atoms. The van der Waals surface area contributed by atoms with E-state index in [1.165, 1.54) is 21.3 Å². The Morgan fingerprint density at radius 3 is 2.74 bits per heavy atom. The van der Waals surface area contributed by atoms with Crippen molar-refractivity contribution in [2.24, 2.45) is 5.92 Å². The van der Waals surface area contributed by atoms with Gasteiger partial charge in [-0.1, -0.05) is 25.1 Å². The summed E-state index contributed by atoms with van der Waals surface area (Å²) in [5, 5.41) is 6.64. The molecule has 1 atom stereocenters. The quantitative estimate of drug-likeness (QED) is 0.323. The molecule has 9 nitrogen and oxygen atoms in total. The highest BCUT2D eigenvalue weighted by Crippen LogP contribution is 2.25. The second kappa shape index (κ2) is 11.1. The van der Waals surface area contributed by atoms with Crippen LogP contribution in [0.15, 0.2) is 40.5 Å². The van der Waals surface area contributed by atoms with Gasteiger partial charge in [-0.25, -0.2) is 9.67 Å². The summed E-state index contributed by atoms with van der Waals surface area (Å²) >= 11 is 1.34. The molecule has 4 heterocycles. The number of piperidine rings is 1. The number of para-hydroxylation sites is 1. The Labute approximate surface area is 231 Å². The lowest BCUT2D eigenvalue weighted by Gasteiger charge is -2.31. The molecule has 1 saturated heterocycles. The lowest BCUT2D eigenvalue weighted by atomic mass is 9.98. The minimum absolute atomic E-state index is 0.0526. The number of fused-ring (bicyclic) bond motifs is 1. The summed E-state index contributed by atoms with van der Waals surface area (Å²) < 4.78 is 8.57. The molecule has 1 amide bonds. The molecule has 0 spiro atoms. The largest absolute Gasteiger partial charge is 0.466 e. The fourth-order valence-corrected chi connectivity index (χ4v) is 6.23. The van der Waals surface area contributed by atoms with Crippen molar-refractivity contribution >= 4 is 28.2 Å². The van der Waals surface area contributed by atoms with Gasteiger partial charge in [-0.05, 0) is 57.7 Å². The molecule has 0 saturated carbocycles. The van der Waals surface area contributed by atoms with Crippen molar-refractivity contribution in [3.63, 3.8) is 0 Å². The Morgan fingerprint density at radius 2 is 1.97 bits per heavy atom. The first kappa shape index (κ1) is 26.8. The smallest absolute Gasteiger partial charge is 0.310 e. The van der Waals surface area contributed by atoms with Crippen LogP contribution in [0.25, 0.3) is 21.9 Å². The molecule has 5 rings (SSSR count). The first-order chi connectivity index (χ1) is 18.8. The number of hydrogen-bond donors (Lipinski definition) is 0. The first-order valence-electron chi connectivity index (χ1n) is 13.4. The zero-order valence-corrected chi connectivity index (χ0v) is 23.6. The topological polar surface area (TPSA) is 98.8 Å². The third-order valence-electron chi connectivity index (χ3n) is 7.29. The maximum atomic E-state index is 13.9. The number of benzene rings is 1. The number of ether oxygens (including phenoxy) is 1. The normalized spacial score (nSPS) is 15.6. The molecule has 0 unspecified atom stereocenters. The molecule has 3 aromatic heterocycles. The predicted molar refractivity (Wildman–Crippen MR) is 150 cm³/mol. The fourth-order valence-electron chi connectivity index (χ4n) is 5.30. The fraction of sp³-hybridized carbons (Fsp3) is 0.414. The molecule has 10 heteroatoms. The van der Waals surface area contributed by atoms with Gasteiger partial charge < -0.3 is 9.64 Å². The van der Waals surface area contributed by atoms with Crippen molar-refractivity contribution in [1.29, 1.82) is 0 Å². The van der Waals surface area contributed by atoms with Crippen LogP contribution in [-0.2, 0) is 27.2 Å². The minimum Gasteiger partial charge on any atom is -0.466 e. The van der Waals surface area contributed by atoms with E-state index in [0.29, 0.717) is 53.7 Å². The lowest BCUT2D eigenvalue weighted by Crippen LogP contribution is -2.43. The van der Waals surface area contributed by atoms with Crippen molar-refractivity contribution in [2.45, 2.75) is 53.4 Å². The third-order valence-corrected chi connectivity index (χ3v) is 8.17. The van der Waals surface area contributed by atoms with E-state index in [1.54, 1.807) is 11.8 Å². The zero-order chi connectivity index (χ0) is 27.7. The highest BCUT2D eigenvalue weighted by molar-refractivity contribution is 7.15. The summed E-state index contributed by atoms with van der Waals surface area (Å²) in [5.41, 5.74) is 5.00. The SMILES string of the molecule is CCOC(=O)[C@@H]1CCCN(C(=O)Cc2csc3nc(C)c(-c4cc(C)n(-c5ccccc5CC)n4)c(=O)n23)C1. The van der Waals surface area contributed by atoms with Crippen LogP contribution in [-0.4, -0.2) is 55.6 Å². The van der Waals surface area contributed by atoms with Gasteiger partial charge in [-0.15, -0.1) is 11.3 Å². The van der Waals surface area contributed by atoms with Crippen molar-refractivity contribution in [3.05, 3.63) is 68.7 Å². The average molecular weight is 548 g/mol. The summed E-state index contributed by atoms with van der Waals surface area (Å²) in [6.45, 7) is 8.93. The van der Waals surface area contributed by atoms with Crippen LogP contribution in [0.3, 0.4) is 0 Å². The van der Waals surface area contributed by atoms with Gasteiger partial charge in [0.25, 0.3) is 5.56 Å². The van der Waals surface area contributed by atoms with Crippen LogP contribution < -0.4 is 5.56 Å². The number of aryl methyl sites for hydroxylation is 3. The Hall–Kier alpha value is -3.79. The Kier molecular flexibility index (Phi) is 7.65. The molecule has 0 bridgehead atoms. The van der Waals surface area contributed by atoms with Crippen molar-refractivity contribution in [3.8, 4) is 16.9 Å². The maximum absolute atomic E-state index is 13.9. The second-order valence-corrected chi connectivity index (χ2v) is 10.7. The number of hydrogen-bond acceptors (Lipinski definition) is 7. The molecule has 0 N–H and O–H groups in total. The molecular formula is C29H33N5O4S. The standard InChI is InChI=1S/C29H33N5O4S/c1-5-20-10-7-8-12-24(20)34-18(3)14-23(31-34)26-19(4)30-29-33(27(26)36)22(17-39-29)15-25(35)32-13-9-11-21(16-32)28(37)38-6-2/h7-8,10,12,14,17,21H,5-6,9,11,13,15-16H2,1-4H3/t21-/m1/s1. The van der Waals surface area contributed by atoms with Crippen molar-refractivity contribution in [1.82, 2.24) is 24.1 Å². The highest BCUT2D eigenvalue weighted by Gasteiger charge is 2.30. The molecular weight excluding hydrogens is 514 g/mol. The van der Waals surface area contributed by atoms with Crippen molar-refractivity contribution in [2.75, 3.05) is 19.7 Å². The molecule has 204 valence electrons. The van der Waals surface area contributed by atoms with Gasteiger partial charge in [0.2, 0.25) is 5.91 Å².